The van der Waals surface area contributed by atoms with Gasteiger partial charge in [-0.05, 0) is 19.3 Å². The number of hydrogen-bond acceptors (Lipinski definition) is 4. The van der Waals surface area contributed by atoms with E-state index in [0.717, 1.165) is 17.7 Å². The molecule has 0 amide bonds. The zero-order valence-corrected chi connectivity index (χ0v) is 16.1. The number of thioether (sulfide) groups is 1. The third-order valence-electron chi connectivity index (χ3n) is 3.40. The maximum atomic E-state index is 11.8. The summed E-state index contributed by atoms with van der Waals surface area (Å²) in [4.78, 5) is 12.7. The van der Waals surface area contributed by atoms with Crippen LogP contribution in [0.3, 0.4) is 0 Å². The molecule has 0 fully saturated rings. The highest BCUT2D eigenvalue weighted by atomic mass is 35.5. The van der Waals surface area contributed by atoms with E-state index in [-0.39, 0.29) is 5.97 Å². The van der Waals surface area contributed by atoms with E-state index >= 15 is 0 Å². The Balaban J connectivity index is 4.23. The second-order valence-electron chi connectivity index (χ2n) is 5.40. The molecule has 0 aliphatic rings. The zero-order chi connectivity index (χ0) is 17.7. The van der Waals surface area contributed by atoms with Crippen LogP contribution in [-0.4, -0.2) is 18.3 Å². The molecule has 23 heavy (non-hydrogen) atoms. The fourth-order valence-corrected chi connectivity index (χ4v) is 3.13. The first-order chi connectivity index (χ1) is 11.0. The highest BCUT2D eigenvalue weighted by molar-refractivity contribution is 8.03. The number of unbranched alkanes of at least 4 members (excludes halogenated alkanes) is 1. The topological polar surface area (TPSA) is 52.3 Å². The Labute approximate surface area is 150 Å². The van der Waals surface area contributed by atoms with Gasteiger partial charge in [0, 0.05) is 16.4 Å². The van der Waals surface area contributed by atoms with Crippen molar-refractivity contribution in [1.82, 2.24) is 0 Å². The van der Waals surface area contributed by atoms with Crippen molar-refractivity contribution in [2.75, 3.05) is 12.4 Å². The van der Waals surface area contributed by atoms with E-state index in [1.807, 2.05) is 19.1 Å². The summed E-state index contributed by atoms with van der Waals surface area (Å²) in [6.45, 7) is 10.4. The Morgan fingerprint density at radius 2 is 2.13 bits per heavy atom. The minimum atomic E-state index is -0.157. The molecule has 0 saturated carbocycles. The van der Waals surface area contributed by atoms with Crippen LogP contribution in [0.5, 0.6) is 0 Å². The van der Waals surface area contributed by atoms with E-state index in [4.69, 9.17) is 22.1 Å². The van der Waals surface area contributed by atoms with E-state index < -0.39 is 0 Å². The van der Waals surface area contributed by atoms with Crippen molar-refractivity contribution in [2.45, 2.75) is 52.9 Å². The van der Waals surface area contributed by atoms with Crippen molar-refractivity contribution in [1.29, 1.82) is 0 Å². The average molecular weight is 360 g/mol. The van der Waals surface area contributed by atoms with Gasteiger partial charge in [0.2, 0.25) is 0 Å². The number of carbonyl (C=O) groups is 1. The van der Waals surface area contributed by atoms with Crippen molar-refractivity contribution in [2.24, 2.45) is 11.7 Å². The van der Waals surface area contributed by atoms with Crippen molar-refractivity contribution < 1.29 is 9.53 Å². The molecular weight excluding hydrogens is 330 g/mol. The van der Waals surface area contributed by atoms with Gasteiger partial charge in [-0.25, -0.2) is 0 Å². The molecule has 0 aliphatic carbocycles. The predicted octanol–water partition coefficient (Wildman–Crippen LogP) is 5.37. The molecule has 5 heteroatoms. The predicted molar refractivity (Wildman–Crippen MR) is 102 cm³/mol. The third-order valence-corrected chi connectivity index (χ3v) is 5.02. The minimum absolute atomic E-state index is 0.157. The lowest BCUT2D eigenvalue weighted by Gasteiger charge is -2.14. The number of halogens is 1. The first-order valence-electron chi connectivity index (χ1n) is 8.21. The van der Waals surface area contributed by atoms with E-state index in [1.165, 1.54) is 24.6 Å². The molecule has 0 aromatic rings. The maximum absolute atomic E-state index is 11.8. The Morgan fingerprint density at radius 1 is 1.43 bits per heavy atom. The molecule has 3 nitrogen and oxygen atoms in total. The summed E-state index contributed by atoms with van der Waals surface area (Å²) < 4.78 is 5.38. The number of carbonyl (C=O) groups excluding carboxylic acids is 1. The summed E-state index contributed by atoms with van der Waals surface area (Å²) in [7, 11) is 0. The van der Waals surface area contributed by atoms with Gasteiger partial charge in [-0.15, -0.1) is 11.8 Å². The SMILES string of the molecule is C=C(N)/C(Cl)=C(\C=C/C)SCCC(=O)OCC(CC)CCCC. The molecule has 0 rings (SSSR count). The lowest BCUT2D eigenvalue weighted by atomic mass is 10.0. The van der Waals surface area contributed by atoms with Crippen LogP contribution < -0.4 is 5.73 Å². The molecule has 0 spiro atoms. The van der Waals surface area contributed by atoms with Gasteiger partial charge in [0.25, 0.3) is 0 Å². The fourth-order valence-electron chi connectivity index (χ4n) is 1.92. The van der Waals surface area contributed by atoms with Crippen LogP contribution in [0.4, 0.5) is 0 Å². The largest absolute Gasteiger partial charge is 0.465 e. The number of ether oxygens (including phenoxy) is 1. The van der Waals surface area contributed by atoms with Gasteiger partial charge in [0.15, 0.2) is 0 Å². The normalized spacial score (nSPS) is 13.7. The first-order valence-corrected chi connectivity index (χ1v) is 9.58. The Morgan fingerprint density at radius 3 is 2.65 bits per heavy atom. The summed E-state index contributed by atoms with van der Waals surface area (Å²) in [6, 6.07) is 0. The summed E-state index contributed by atoms with van der Waals surface area (Å²) in [5, 5.41) is 0.437. The van der Waals surface area contributed by atoms with Crippen LogP contribution in [0.25, 0.3) is 0 Å². The number of allylic oxidation sites excluding steroid dienone is 3. The first kappa shape index (κ1) is 22.1. The standard InChI is InChI=1S/C18H30ClNO2S/c1-5-8-10-15(7-3)13-22-17(21)11-12-23-16(9-6-2)18(19)14(4)20/h6,9,15H,4-5,7-8,10-13,20H2,1-3H3/b9-6-,18-16-. The lowest BCUT2D eigenvalue weighted by molar-refractivity contribution is -0.144. The van der Waals surface area contributed by atoms with Crippen LogP contribution in [-0.2, 0) is 9.53 Å². The summed E-state index contributed by atoms with van der Waals surface area (Å²) >= 11 is 7.60. The van der Waals surface area contributed by atoms with E-state index in [0.29, 0.717) is 35.4 Å². The molecule has 2 N–H and O–H groups in total. The number of hydrogen-bond donors (Lipinski definition) is 1. The quantitative estimate of drug-likeness (QED) is 0.376. The van der Waals surface area contributed by atoms with E-state index in [9.17, 15) is 4.79 Å². The van der Waals surface area contributed by atoms with Gasteiger partial charge in [0.1, 0.15) is 0 Å². The third kappa shape index (κ3) is 10.5. The Hall–Kier alpha value is -0.870. The smallest absolute Gasteiger partial charge is 0.306 e. The minimum Gasteiger partial charge on any atom is -0.465 e. The van der Waals surface area contributed by atoms with Gasteiger partial charge in [0.05, 0.1) is 18.1 Å². The molecule has 0 heterocycles. The number of esters is 1. The number of nitrogens with two attached hydrogens (primary N) is 1. The zero-order valence-electron chi connectivity index (χ0n) is 14.6. The van der Waals surface area contributed by atoms with Crippen molar-refractivity contribution in [3.8, 4) is 0 Å². The lowest BCUT2D eigenvalue weighted by Crippen LogP contribution is -2.14. The Kier molecular flexibility index (Phi) is 13.0. The van der Waals surface area contributed by atoms with E-state index in [2.05, 4.69) is 20.4 Å². The van der Waals surface area contributed by atoms with E-state index in [1.54, 1.807) is 0 Å². The molecule has 0 aliphatic heterocycles. The molecule has 0 saturated heterocycles. The van der Waals surface area contributed by atoms with Crippen LogP contribution in [0.15, 0.2) is 34.4 Å². The molecule has 0 bridgehead atoms. The van der Waals surface area contributed by atoms with Gasteiger partial charge in [-0.3, -0.25) is 4.79 Å². The average Bonchev–Trinajstić information content (AvgIpc) is 2.53. The van der Waals surface area contributed by atoms with Gasteiger partial charge >= 0.3 is 5.97 Å². The molecule has 132 valence electrons. The molecular formula is C18H30ClNO2S. The monoisotopic (exact) mass is 359 g/mol. The molecule has 0 aromatic heterocycles. The van der Waals surface area contributed by atoms with Gasteiger partial charge in [-0.2, -0.15) is 0 Å². The van der Waals surface area contributed by atoms with Gasteiger partial charge < -0.3 is 10.5 Å². The molecule has 0 aromatic carbocycles. The summed E-state index contributed by atoms with van der Waals surface area (Å²) in [6.07, 6.45) is 8.64. The highest BCUT2D eigenvalue weighted by Crippen LogP contribution is 2.27. The van der Waals surface area contributed by atoms with Crippen LogP contribution >= 0.6 is 23.4 Å². The molecule has 0 radical (unpaired) electrons. The summed E-state index contributed by atoms with van der Waals surface area (Å²) in [5.74, 6) is 0.920. The maximum Gasteiger partial charge on any atom is 0.306 e. The summed E-state index contributed by atoms with van der Waals surface area (Å²) in [5.41, 5.74) is 5.94. The second kappa shape index (κ2) is 13.6. The fraction of sp³-hybridized carbons (Fsp3) is 0.611. The molecule has 1 unspecified atom stereocenters. The van der Waals surface area contributed by atoms with Crippen LogP contribution in [0, 0.1) is 5.92 Å². The van der Waals surface area contributed by atoms with Crippen molar-refractivity contribution in [3.63, 3.8) is 0 Å². The Bertz CT molecular complexity index is 433. The number of rotatable bonds is 12. The van der Waals surface area contributed by atoms with Crippen LogP contribution in [0.2, 0.25) is 0 Å². The second-order valence-corrected chi connectivity index (χ2v) is 6.92. The van der Waals surface area contributed by atoms with Gasteiger partial charge in [-0.1, -0.05) is 63.4 Å². The van der Waals surface area contributed by atoms with Crippen LogP contribution in [0.1, 0.15) is 52.9 Å². The highest BCUT2D eigenvalue weighted by Gasteiger charge is 2.11. The molecule has 1 atom stereocenters. The van der Waals surface area contributed by atoms with Crippen molar-refractivity contribution >= 4 is 29.3 Å². The van der Waals surface area contributed by atoms with Crippen molar-refractivity contribution in [3.05, 3.63) is 34.4 Å².